The second kappa shape index (κ2) is 12.5. The highest BCUT2D eigenvalue weighted by Gasteiger charge is 2.30. The lowest BCUT2D eigenvalue weighted by Gasteiger charge is -2.35. The predicted octanol–water partition coefficient (Wildman–Crippen LogP) is 1.73. The molecule has 0 unspecified atom stereocenters. The summed E-state index contributed by atoms with van der Waals surface area (Å²) in [7, 11) is -7.00. The van der Waals surface area contributed by atoms with Crippen molar-refractivity contribution in [1.82, 2.24) is 18.4 Å². The number of carbonyl (C=O) groups excluding carboxylic acids is 1. The number of nitrogens with zero attached hydrogens (tertiary/aromatic N) is 4. The number of amides is 1. The van der Waals surface area contributed by atoms with Gasteiger partial charge in [0.2, 0.25) is 26.0 Å². The maximum absolute atomic E-state index is 12.8. The smallest absolute Gasteiger partial charge is 0.243 e. The third-order valence-electron chi connectivity index (χ3n) is 6.55. The Morgan fingerprint density at radius 3 is 1.50 bits per heavy atom. The summed E-state index contributed by atoms with van der Waals surface area (Å²) in [4.78, 5) is 17.2. The molecule has 0 N–H and O–H groups in total. The number of carbonyl (C=O) groups is 1. The third kappa shape index (κ3) is 6.64. The Bertz CT molecular complexity index is 1200. The van der Waals surface area contributed by atoms with Crippen molar-refractivity contribution >= 4 is 38.4 Å². The fourth-order valence-corrected chi connectivity index (χ4v) is 7.35. The maximum atomic E-state index is 12.8. The van der Waals surface area contributed by atoms with Gasteiger partial charge in [-0.25, -0.2) is 16.8 Å². The molecule has 2 aliphatic heterocycles. The molecule has 0 aliphatic carbocycles. The molecule has 0 spiro atoms. The Hall–Kier alpha value is -2.02. The molecule has 2 aromatic rings. The molecule has 0 aromatic heterocycles. The summed E-state index contributed by atoms with van der Waals surface area (Å²) in [6.07, 6.45) is 1.08. The van der Waals surface area contributed by atoms with Crippen molar-refractivity contribution in [2.75, 3.05) is 58.9 Å². The van der Waals surface area contributed by atoms with E-state index in [0.717, 1.165) is 6.54 Å². The van der Waals surface area contributed by atoms with Gasteiger partial charge in [0.25, 0.3) is 0 Å². The second-order valence-corrected chi connectivity index (χ2v) is 12.6. The molecule has 0 radical (unpaired) electrons. The molecule has 36 heavy (non-hydrogen) atoms. The topological polar surface area (TPSA) is 98.3 Å². The SMILES string of the molecule is Cl.O=C(CCCN1CCN(S(=O)(=O)c2ccccc2)CC1)N1CCN(S(=O)(=O)c2ccccc2)CC1. The van der Waals surface area contributed by atoms with E-state index in [1.807, 2.05) is 0 Å². The Morgan fingerprint density at radius 2 is 1.06 bits per heavy atom. The van der Waals surface area contributed by atoms with E-state index in [1.54, 1.807) is 65.6 Å². The van der Waals surface area contributed by atoms with Crippen LogP contribution in [-0.2, 0) is 24.8 Å². The number of halogens is 1. The van der Waals surface area contributed by atoms with Gasteiger partial charge in [-0.05, 0) is 37.2 Å². The first kappa shape index (κ1) is 28.5. The van der Waals surface area contributed by atoms with E-state index in [1.165, 1.54) is 8.61 Å². The molecule has 2 fully saturated rings. The van der Waals surface area contributed by atoms with Crippen LogP contribution in [-0.4, -0.2) is 100 Å². The van der Waals surface area contributed by atoms with Crippen molar-refractivity contribution in [3.63, 3.8) is 0 Å². The average Bonchev–Trinajstić information content (AvgIpc) is 2.90. The average molecular weight is 557 g/mol. The zero-order valence-electron chi connectivity index (χ0n) is 20.1. The first-order chi connectivity index (χ1) is 16.8. The van der Waals surface area contributed by atoms with Crippen molar-refractivity contribution in [3.05, 3.63) is 60.7 Å². The van der Waals surface area contributed by atoms with Gasteiger partial charge >= 0.3 is 0 Å². The molecule has 2 aliphatic rings. The number of hydrogen-bond donors (Lipinski definition) is 0. The Kier molecular flexibility index (Phi) is 9.90. The highest BCUT2D eigenvalue weighted by Crippen LogP contribution is 2.19. The van der Waals surface area contributed by atoms with Crippen LogP contribution < -0.4 is 0 Å². The summed E-state index contributed by atoms with van der Waals surface area (Å²) in [5, 5.41) is 0. The van der Waals surface area contributed by atoms with Crippen LogP contribution in [0, 0.1) is 0 Å². The molecule has 2 saturated heterocycles. The van der Waals surface area contributed by atoms with E-state index in [2.05, 4.69) is 4.90 Å². The van der Waals surface area contributed by atoms with Crippen LogP contribution in [0.5, 0.6) is 0 Å². The van der Waals surface area contributed by atoms with Crippen molar-refractivity contribution in [2.45, 2.75) is 22.6 Å². The van der Waals surface area contributed by atoms with E-state index >= 15 is 0 Å². The Balaban J connectivity index is 0.00000361. The zero-order chi connectivity index (χ0) is 24.9. The molecule has 0 bridgehead atoms. The van der Waals surface area contributed by atoms with Crippen LogP contribution in [0.15, 0.2) is 70.5 Å². The minimum Gasteiger partial charge on any atom is -0.340 e. The lowest BCUT2D eigenvalue weighted by atomic mass is 10.2. The second-order valence-electron chi connectivity index (χ2n) is 8.76. The lowest BCUT2D eigenvalue weighted by Crippen LogP contribution is -2.50. The van der Waals surface area contributed by atoms with Crippen LogP contribution in [0.3, 0.4) is 0 Å². The molecule has 2 aromatic carbocycles. The first-order valence-electron chi connectivity index (χ1n) is 11.9. The highest BCUT2D eigenvalue weighted by molar-refractivity contribution is 7.89. The van der Waals surface area contributed by atoms with E-state index in [9.17, 15) is 21.6 Å². The number of benzene rings is 2. The predicted molar refractivity (Wildman–Crippen MR) is 140 cm³/mol. The van der Waals surface area contributed by atoms with E-state index in [0.29, 0.717) is 70.1 Å². The van der Waals surface area contributed by atoms with Gasteiger partial charge in [0.15, 0.2) is 0 Å². The minimum atomic E-state index is -3.53. The van der Waals surface area contributed by atoms with Gasteiger partial charge in [-0.1, -0.05) is 36.4 Å². The number of rotatable bonds is 8. The highest BCUT2D eigenvalue weighted by atomic mass is 35.5. The largest absolute Gasteiger partial charge is 0.340 e. The monoisotopic (exact) mass is 556 g/mol. The van der Waals surface area contributed by atoms with Gasteiger partial charge in [-0.2, -0.15) is 8.61 Å². The van der Waals surface area contributed by atoms with Crippen LogP contribution in [0.1, 0.15) is 12.8 Å². The van der Waals surface area contributed by atoms with Crippen LogP contribution in [0.25, 0.3) is 0 Å². The van der Waals surface area contributed by atoms with Crippen molar-refractivity contribution in [1.29, 1.82) is 0 Å². The summed E-state index contributed by atoms with van der Waals surface area (Å²) in [5.74, 6) is 0.0343. The fourth-order valence-electron chi connectivity index (χ4n) is 4.47. The molecule has 198 valence electrons. The molecule has 0 saturated carbocycles. The fraction of sp³-hybridized carbons (Fsp3) is 0.458. The summed E-state index contributed by atoms with van der Waals surface area (Å²) < 4.78 is 54.0. The molecule has 2 heterocycles. The van der Waals surface area contributed by atoms with Gasteiger partial charge in [0, 0.05) is 58.8 Å². The van der Waals surface area contributed by atoms with Crippen LogP contribution >= 0.6 is 12.4 Å². The van der Waals surface area contributed by atoms with Crippen molar-refractivity contribution in [2.24, 2.45) is 0 Å². The maximum Gasteiger partial charge on any atom is 0.243 e. The number of hydrogen-bond acceptors (Lipinski definition) is 6. The van der Waals surface area contributed by atoms with Gasteiger partial charge in [-0.15, -0.1) is 12.4 Å². The summed E-state index contributed by atoms with van der Waals surface area (Å²) in [5.41, 5.74) is 0. The zero-order valence-corrected chi connectivity index (χ0v) is 22.6. The van der Waals surface area contributed by atoms with Crippen LogP contribution in [0.4, 0.5) is 0 Å². The quantitative estimate of drug-likeness (QED) is 0.491. The molecule has 12 heteroatoms. The molecule has 0 atom stereocenters. The minimum absolute atomic E-state index is 0. The van der Waals surface area contributed by atoms with E-state index in [-0.39, 0.29) is 23.2 Å². The normalized spacial score (nSPS) is 18.5. The first-order valence-corrected chi connectivity index (χ1v) is 14.8. The van der Waals surface area contributed by atoms with E-state index < -0.39 is 20.0 Å². The van der Waals surface area contributed by atoms with Gasteiger partial charge < -0.3 is 9.80 Å². The summed E-state index contributed by atoms with van der Waals surface area (Å²) in [6, 6.07) is 16.8. The molecule has 1 amide bonds. The molecular formula is C24H33ClN4O5S2. The Morgan fingerprint density at radius 1 is 0.639 bits per heavy atom. The molecular weight excluding hydrogens is 524 g/mol. The van der Waals surface area contributed by atoms with Crippen LogP contribution in [0.2, 0.25) is 0 Å². The lowest BCUT2D eigenvalue weighted by molar-refractivity contribution is -0.132. The molecule has 9 nitrogen and oxygen atoms in total. The number of piperazine rings is 2. The summed E-state index contributed by atoms with van der Waals surface area (Å²) in [6.45, 7) is 4.23. The molecule has 4 rings (SSSR count). The van der Waals surface area contributed by atoms with Crippen molar-refractivity contribution in [3.8, 4) is 0 Å². The summed E-state index contributed by atoms with van der Waals surface area (Å²) >= 11 is 0. The third-order valence-corrected chi connectivity index (χ3v) is 10.4. The van der Waals surface area contributed by atoms with Crippen molar-refractivity contribution < 1.29 is 21.6 Å². The van der Waals surface area contributed by atoms with Gasteiger partial charge in [-0.3, -0.25) is 4.79 Å². The Labute approximate surface area is 220 Å². The van der Waals surface area contributed by atoms with Gasteiger partial charge in [0.1, 0.15) is 0 Å². The number of sulfonamides is 2. The standard InChI is InChI=1S/C24H32N4O5S2.ClH/c29-24(26-16-20-28(21-17-26)35(32,33)23-10-5-2-6-11-23)12-7-13-25-14-18-27(19-15-25)34(30,31)22-8-3-1-4-9-22;/h1-6,8-11H,7,12-21H2;1H. The van der Waals surface area contributed by atoms with E-state index in [4.69, 9.17) is 0 Å². The van der Waals surface area contributed by atoms with Gasteiger partial charge in [0.05, 0.1) is 9.79 Å².